The minimum Gasteiger partial charge on any atom is -0.456 e. The third-order valence-electron chi connectivity index (χ3n) is 2.74. The molecule has 1 aromatic heterocycles. The van der Waals surface area contributed by atoms with Crippen molar-refractivity contribution in [2.24, 2.45) is 0 Å². The van der Waals surface area contributed by atoms with Gasteiger partial charge in [0, 0.05) is 17.2 Å². The van der Waals surface area contributed by atoms with Crippen molar-refractivity contribution in [1.29, 1.82) is 0 Å². The van der Waals surface area contributed by atoms with Gasteiger partial charge in [-0.05, 0) is 48.4 Å². The van der Waals surface area contributed by atoms with Crippen LogP contribution in [0.2, 0.25) is 5.02 Å². The number of nitrogens with zero attached hydrogens (tertiary/aromatic N) is 1. The number of carbonyl (C=O) groups excluding carboxylic acids is 1. The Morgan fingerprint density at radius 1 is 1.38 bits per heavy atom. The van der Waals surface area contributed by atoms with Crippen molar-refractivity contribution in [3.05, 3.63) is 56.8 Å². The SMILES string of the molecule is Cc1cc([N+](=O)[O-])c(-c2ccc(/C=C/C(=O)Cl)o2)cc1Cl. The van der Waals surface area contributed by atoms with Crippen LogP contribution >= 0.6 is 23.2 Å². The highest BCUT2D eigenvalue weighted by atomic mass is 35.5. The largest absolute Gasteiger partial charge is 0.456 e. The number of rotatable bonds is 4. The molecule has 0 N–H and O–H groups in total. The monoisotopic (exact) mass is 325 g/mol. The third kappa shape index (κ3) is 3.51. The van der Waals surface area contributed by atoms with Crippen LogP contribution in [-0.2, 0) is 4.79 Å². The molecule has 5 nitrogen and oxygen atoms in total. The zero-order valence-electron chi connectivity index (χ0n) is 10.8. The van der Waals surface area contributed by atoms with Crippen molar-refractivity contribution in [2.75, 3.05) is 0 Å². The van der Waals surface area contributed by atoms with E-state index in [0.717, 1.165) is 6.08 Å². The maximum absolute atomic E-state index is 11.1. The molecule has 21 heavy (non-hydrogen) atoms. The summed E-state index contributed by atoms with van der Waals surface area (Å²) in [6, 6.07) is 6.00. The number of aryl methyl sites for hydroxylation is 1. The smallest absolute Gasteiger partial charge is 0.280 e. The van der Waals surface area contributed by atoms with E-state index in [0.29, 0.717) is 16.3 Å². The molecule has 0 atom stereocenters. The predicted octanol–water partition coefficient (Wildman–Crippen LogP) is 4.60. The molecule has 0 aliphatic heterocycles. The first-order valence-corrected chi connectivity index (χ1v) is 6.56. The lowest BCUT2D eigenvalue weighted by Gasteiger charge is -2.03. The third-order valence-corrected chi connectivity index (χ3v) is 3.28. The van der Waals surface area contributed by atoms with Crippen LogP contribution in [0, 0.1) is 17.0 Å². The molecule has 0 saturated heterocycles. The lowest BCUT2D eigenvalue weighted by molar-refractivity contribution is -0.384. The van der Waals surface area contributed by atoms with E-state index in [1.54, 1.807) is 19.1 Å². The van der Waals surface area contributed by atoms with Crippen LogP contribution in [0.25, 0.3) is 17.4 Å². The predicted molar refractivity (Wildman–Crippen MR) is 80.4 cm³/mol. The van der Waals surface area contributed by atoms with Crippen molar-refractivity contribution in [2.45, 2.75) is 6.92 Å². The summed E-state index contributed by atoms with van der Waals surface area (Å²) in [5.41, 5.74) is 0.772. The summed E-state index contributed by atoms with van der Waals surface area (Å²) in [5, 5.41) is 10.9. The molecule has 0 fully saturated rings. The van der Waals surface area contributed by atoms with Crippen LogP contribution in [0.4, 0.5) is 5.69 Å². The first-order valence-electron chi connectivity index (χ1n) is 5.81. The average Bonchev–Trinajstić information content (AvgIpc) is 2.87. The van der Waals surface area contributed by atoms with Gasteiger partial charge in [-0.3, -0.25) is 14.9 Å². The summed E-state index contributed by atoms with van der Waals surface area (Å²) in [4.78, 5) is 21.3. The number of hydrogen-bond donors (Lipinski definition) is 0. The Hall–Kier alpha value is -2.11. The Kier molecular flexibility index (Phi) is 4.45. The van der Waals surface area contributed by atoms with Crippen molar-refractivity contribution in [3.8, 4) is 11.3 Å². The van der Waals surface area contributed by atoms with Crippen LogP contribution < -0.4 is 0 Å². The summed E-state index contributed by atoms with van der Waals surface area (Å²) in [7, 11) is 0. The van der Waals surface area contributed by atoms with E-state index >= 15 is 0 Å². The summed E-state index contributed by atoms with van der Waals surface area (Å²) in [6.07, 6.45) is 2.50. The second-order valence-electron chi connectivity index (χ2n) is 4.22. The molecular formula is C14H9Cl2NO4. The van der Waals surface area contributed by atoms with Crippen LogP contribution in [0.15, 0.2) is 34.8 Å². The number of carbonyl (C=O) groups is 1. The average molecular weight is 326 g/mol. The number of allylic oxidation sites excluding steroid dienone is 1. The molecule has 0 saturated carbocycles. The molecule has 7 heteroatoms. The van der Waals surface area contributed by atoms with E-state index in [-0.39, 0.29) is 17.0 Å². The van der Waals surface area contributed by atoms with Crippen LogP contribution in [0.5, 0.6) is 0 Å². The van der Waals surface area contributed by atoms with E-state index in [1.807, 2.05) is 0 Å². The first-order chi connectivity index (χ1) is 9.88. The standard InChI is InChI=1S/C14H9Cl2NO4/c1-8-6-12(17(19)20)10(7-11(8)15)13-4-2-9(21-13)3-5-14(16)18/h2-7H,1H3/b5-3+. The molecule has 1 aromatic carbocycles. The topological polar surface area (TPSA) is 73.3 Å². The van der Waals surface area contributed by atoms with Gasteiger partial charge in [-0.15, -0.1) is 0 Å². The minimum atomic E-state index is -0.641. The lowest BCUT2D eigenvalue weighted by atomic mass is 10.1. The van der Waals surface area contributed by atoms with Gasteiger partial charge < -0.3 is 4.42 Å². The number of furan rings is 1. The first kappa shape index (κ1) is 15.3. The molecule has 0 radical (unpaired) electrons. The quantitative estimate of drug-likeness (QED) is 0.356. The number of nitro benzene ring substituents is 1. The maximum Gasteiger partial charge on any atom is 0.280 e. The van der Waals surface area contributed by atoms with Gasteiger partial charge in [0.2, 0.25) is 5.24 Å². The Morgan fingerprint density at radius 2 is 2.10 bits per heavy atom. The fraction of sp³-hybridized carbons (Fsp3) is 0.0714. The fourth-order valence-electron chi connectivity index (χ4n) is 1.75. The van der Waals surface area contributed by atoms with Gasteiger partial charge in [0.05, 0.1) is 10.5 Å². The van der Waals surface area contributed by atoms with Gasteiger partial charge >= 0.3 is 0 Å². The second-order valence-corrected chi connectivity index (χ2v) is 4.99. The van der Waals surface area contributed by atoms with Crippen molar-refractivity contribution < 1.29 is 14.1 Å². The van der Waals surface area contributed by atoms with Crippen molar-refractivity contribution in [1.82, 2.24) is 0 Å². The van der Waals surface area contributed by atoms with Crippen molar-refractivity contribution in [3.63, 3.8) is 0 Å². The molecule has 0 amide bonds. The van der Waals surface area contributed by atoms with Gasteiger partial charge in [0.1, 0.15) is 11.5 Å². The molecule has 0 aliphatic carbocycles. The van der Waals surface area contributed by atoms with E-state index in [9.17, 15) is 14.9 Å². The van der Waals surface area contributed by atoms with E-state index < -0.39 is 10.2 Å². The highest BCUT2D eigenvalue weighted by Gasteiger charge is 2.20. The zero-order chi connectivity index (χ0) is 15.6. The number of hydrogen-bond acceptors (Lipinski definition) is 4. The van der Waals surface area contributed by atoms with Gasteiger partial charge in [0.15, 0.2) is 0 Å². The molecule has 0 bridgehead atoms. The molecule has 108 valence electrons. The number of benzene rings is 1. The Balaban J connectivity index is 2.49. The van der Waals surface area contributed by atoms with E-state index in [4.69, 9.17) is 27.6 Å². The van der Waals surface area contributed by atoms with Gasteiger partial charge in [-0.2, -0.15) is 0 Å². The summed E-state index contributed by atoms with van der Waals surface area (Å²) in [6.45, 7) is 1.68. The Bertz CT molecular complexity index is 749. The van der Waals surface area contributed by atoms with E-state index in [1.165, 1.54) is 18.2 Å². The molecule has 0 aliphatic rings. The summed E-state index contributed by atoms with van der Waals surface area (Å²) < 4.78 is 5.45. The molecule has 2 aromatic rings. The fourth-order valence-corrected chi connectivity index (χ4v) is 1.98. The van der Waals surface area contributed by atoms with Crippen LogP contribution in [0.1, 0.15) is 11.3 Å². The molecular weight excluding hydrogens is 317 g/mol. The molecule has 2 rings (SSSR count). The Morgan fingerprint density at radius 3 is 2.71 bits per heavy atom. The summed E-state index contributed by atoms with van der Waals surface area (Å²) >= 11 is 11.2. The zero-order valence-corrected chi connectivity index (χ0v) is 12.3. The van der Waals surface area contributed by atoms with Gasteiger partial charge in [-0.1, -0.05) is 11.6 Å². The molecule has 0 unspecified atom stereocenters. The highest BCUT2D eigenvalue weighted by molar-refractivity contribution is 6.66. The van der Waals surface area contributed by atoms with Crippen LogP contribution in [-0.4, -0.2) is 10.2 Å². The molecule has 1 heterocycles. The lowest BCUT2D eigenvalue weighted by Crippen LogP contribution is -1.93. The van der Waals surface area contributed by atoms with E-state index in [2.05, 4.69) is 0 Å². The normalized spacial score (nSPS) is 11.0. The van der Waals surface area contributed by atoms with Crippen molar-refractivity contribution >= 4 is 40.2 Å². The Labute approximate surface area is 129 Å². The number of halogens is 2. The molecule has 0 spiro atoms. The minimum absolute atomic E-state index is 0.102. The highest BCUT2D eigenvalue weighted by Crippen LogP contribution is 2.35. The van der Waals surface area contributed by atoms with Gasteiger partial charge in [0.25, 0.3) is 5.69 Å². The van der Waals surface area contributed by atoms with Crippen LogP contribution in [0.3, 0.4) is 0 Å². The number of nitro groups is 1. The summed E-state index contributed by atoms with van der Waals surface area (Å²) in [5.74, 6) is 0.635. The maximum atomic E-state index is 11.1. The van der Waals surface area contributed by atoms with Gasteiger partial charge in [-0.25, -0.2) is 0 Å². The second kappa shape index (κ2) is 6.11.